The number of carbonyl (C=O) groups is 2. The molecule has 0 saturated heterocycles. The van der Waals surface area contributed by atoms with Gasteiger partial charge in [0.2, 0.25) is 0 Å². The second-order valence-electron chi connectivity index (χ2n) is 4.03. The summed E-state index contributed by atoms with van der Waals surface area (Å²) in [5.74, 6) is -1.91. The van der Waals surface area contributed by atoms with E-state index in [0.29, 0.717) is 0 Å². The van der Waals surface area contributed by atoms with Gasteiger partial charge in [-0.05, 0) is 24.3 Å². The number of rotatable bonds is 4. The van der Waals surface area contributed by atoms with Crippen molar-refractivity contribution in [2.45, 2.75) is 0 Å². The van der Waals surface area contributed by atoms with Crippen LogP contribution in [-0.4, -0.2) is 22.0 Å². The van der Waals surface area contributed by atoms with Crippen LogP contribution in [-0.2, 0) is 0 Å². The predicted octanol–water partition coefficient (Wildman–Crippen LogP) is 2.51. The molecule has 2 aromatic carbocycles. The lowest BCUT2D eigenvalue weighted by Gasteiger charge is -2.05. The first kappa shape index (κ1) is 14.2. The molecule has 106 valence electrons. The molecule has 0 aliphatic heterocycles. The van der Waals surface area contributed by atoms with Crippen molar-refractivity contribution in [2.24, 2.45) is 0 Å². The quantitative estimate of drug-likeness (QED) is 0.400. The Bertz CT molecular complexity index is 725. The smallest absolute Gasteiger partial charge is 0.343 e. The molecular weight excluding hydrogens is 278 g/mol. The lowest BCUT2D eigenvalue weighted by atomic mass is 10.2. The van der Waals surface area contributed by atoms with Crippen molar-refractivity contribution >= 4 is 17.6 Å². The van der Waals surface area contributed by atoms with Crippen LogP contribution in [0.2, 0.25) is 0 Å². The first-order valence-electron chi connectivity index (χ1n) is 5.77. The van der Waals surface area contributed by atoms with Crippen molar-refractivity contribution in [3.05, 3.63) is 69.8 Å². The molecule has 0 fully saturated rings. The van der Waals surface area contributed by atoms with Crippen molar-refractivity contribution in [3.8, 4) is 5.75 Å². The van der Waals surface area contributed by atoms with E-state index in [0.717, 1.165) is 6.07 Å². The number of nitrogens with zero attached hydrogens (tertiary/aromatic N) is 1. The van der Waals surface area contributed by atoms with E-state index in [9.17, 15) is 19.7 Å². The number of nitro groups is 1. The molecular formula is C14H9NO6. The molecule has 2 rings (SSSR count). The van der Waals surface area contributed by atoms with Crippen molar-refractivity contribution in [1.82, 2.24) is 0 Å². The summed E-state index contributed by atoms with van der Waals surface area (Å²) in [4.78, 5) is 32.7. The van der Waals surface area contributed by atoms with Crippen molar-refractivity contribution < 1.29 is 24.4 Å². The molecule has 0 amide bonds. The molecule has 0 bridgehead atoms. The summed E-state index contributed by atoms with van der Waals surface area (Å²) in [6.45, 7) is 0. The van der Waals surface area contributed by atoms with E-state index < -0.39 is 16.9 Å². The van der Waals surface area contributed by atoms with E-state index in [2.05, 4.69) is 0 Å². The third-order valence-corrected chi connectivity index (χ3v) is 2.58. The predicted molar refractivity (Wildman–Crippen MR) is 71.5 cm³/mol. The van der Waals surface area contributed by atoms with Gasteiger partial charge in [0.1, 0.15) is 5.75 Å². The molecule has 0 heterocycles. The Morgan fingerprint density at radius 1 is 1.05 bits per heavy atom. The molecule has 2 aromatic rings. The topological polar surface area (TPSA) is 107 Å². The highest BCUT2D eigenvalue weighted by Crippen LogP contribution is 2.18. The molecule has 0 aliphatic rings. The van der Waals surface area contributed by atoms with Crippen LogP contribution >= 0.6 is 0 Å². The number of carbonyl (C=O) groups excluding carboxylic acids is 1. The van der Waals surface area contributed by atoms with E-state index in [1.807, 2.05) is 0 Å². The second kappa shape index (κ2) is 5.83. The monoisotopic (exact) mass is 287 g/mol. The number of non-ortho nitro benzene ring substituents is 1. The molecule has 7 heteroatoms. The van der Waals surface area contributed by atoms with Crippen LogP contribution in [0.25, 0.3) is 0 Å². The second-order valence-corrected chi connectivity index (χ2v) is 4.03. The zero-order chi connectivity index (χ0) is 15.4. The number of hydrogen-bond donors (Lipinski definition) is 1. The minimum atomic E-state index is -1.15. The van der Waals surface area contributed by atoms with E-state index >= 15 is 0 Å². The summed E-state index contributed by atoms with van der Waals surface area (Å²) < 4.78 is 5.00. The fourth-order valence-corrected chi connectivity index (χ4v) is 1.61. The molecule has 0 spiro atoms. The van der Waals surface area contributed by atoms with Gasteiger partial charge in [-0.2, -0.15) is 0 Å². The molecule has 0 unspecified atom stereocenters. The zero-order valence-electron chi connectivity index (χ0n) is 10.6. The van der Waals surface area contributed by atoms with Gasteiger partial charge in [0, 0.05) is 12.1 Å². The van der Waals surface area contributed by atoms with Gasteiger partial charge >= 0.3 is 11.9 Å². The van der Waals surface area contributed by atoms with Gasteiger partial charge in [-0.25, -0.2) is 9.59 Å². The maximum atomic E-state index is 11.9. The molecule has 0 radical (unpaired) electrons. The molecule has 0 atom stereocenters. The van der Waals surface area contributed by atoms with Crippen LogP contribution in [0.1, 0.15) is 20.7 Å². The van der Waals surface area contributed by atoms with E-state index in [4.69, 9.17) is 9.84 Å². The van der Waals surface area contributed by atoms with Crippen LogP contribution in [0.5, 0.6) is 5.75 Å². The van der Waals surface area contributed by atoms with Gasteiger partial charge in [0.05, 0.1) is 16.1 Å². The average molecular weight is 287 g/mol. The first-order chi connectivity index (χ1) is 9.97. The number of carboxylic acid groups (broad SMARTS) is 1. The van der Waals surface area contributed by atoms with Gasteiger partial charge < -0.3 is 9.84 Å². The number of ether oxygens (including phenoxy) is 1. The molecule has 1 N–H and O–H groups in total. The van der Waals surface area contributed by atoms with Gasteiger partial charge in [0.15, 0.2) is 0 Å². The Kier molecular flexibility index (Phi) is 3.94. The Balaban J connectivity index is 2.22. The minimum absolute atomic E-state index is 0.00456. The highest BCUT2D eigenvalue weighted by molar-refractivity contribution is 5.92. The number of carboxylic acids is 1. The molecule has 0 aliphatic carbocycles. The third-order valence-electron chi connectivity index (χ3n) is 2.58. The lowest BCUT2D eigenvalue weighted by molar-refractivity contribution is -0.384. The van der Waals surface area contributed by atoms with Crippen LogP contribution in [0, 0.1) is 10.1 Å². The summed E-state index contributed by atoms with van der Waals surface area (Å²) in [7, 11) is 0. The number of hydrogen-bond acceptors (Lipinski definition) is 5. The van der Waals surface area contributed by atoms with Crippen LogP contribution in [0.3, 0.4) is 0 Å². The van der Waals surface area contributed by atoms with Crippen molar-refractivity contribution in [3.63, 3.8) is 0 Å². The van der Waals surface area contributed by atoms with E-state index in [1.165, 1.54) is 42.5 Å². The number of aromatic carboxylic acids is 1. The molecule has 0 saturated carbocycles. The number of benzene rings is 2. The van der Waals surface area contributed by atoms with Crippen LogP contribution in [0.4, 0.5) is 5.69 Å². The van der Waals surface area contributed by atoms with Crippen molar-refractivity contribution in [2.75, 3.05) is 0 Å². The number of nitro benzene ring substituents is 1. The maximum absolute atomic E-state index is 11.9. The van der Waals surface area contributed by atoms with Gasteiger partial charge in [-0.15, -0.1) is 0 Å². The summed E-state index contributed by atoms with van der Waals surface area (Å²) in [6, 6.07) is 10.5. The Hall–Kier alpha value is -3.22. The van der Waals surface area contributed by atoms with Gasteiger partial charge in [-0.3, -0.25) is 10.1 Å². The average Bonchev–Trinajstić information content (AvgIpc) is 2.47. The first-order valence-corrected chi connectivity index (χ1v) is 5.77. The molecule has 21 heavy (non-hydrogen) atoms. The maximum Gasteiger partial charge on any atom is 0.343 e. The summed E-state index contributed by atoms with van der Waals surface area (Å²) in [6.07, 6.45) is 0. The summed E-state index contributed by atoms with van der Waals surface area (Å²) in [5, 5.41) is 19.5. The zero-order valence-corrected chi connectivity index (χ0v) is 10.6. The Labute approximate surface area is 118 Å². The third kappa shape index (κ3) is 3.41. The van der Waals surface area contributed by atoms with Crippen LogP contribution < -0.4 is 4.74 Å². The standard InChI is InChI=1S/C14H9NO6/c16-13(17)9-3-2-6-12(8-9)21-14(18)10-4-1-5-11(7-10)15(19)20/h1-8H,(H,16,17). The molecule has 0 aromatic heterocycles. The largest absolute Gasteiger partial charge is 0.478 e. The Morgan fingerprint density at radius 3 is 2.38 bits per heavy atom. The SMILES string of the molecule is O=C(O)c1cccc(OC(=O)c2cccc([N+](=O)[O-])c2)c1. The van der Waals surface area contributed by atoms with Gasteiger partial charge in [-0.1, -0.05) is 12.1 Å². The summed E-state index contributed by atoms with van der Waals surface area (Å²) in [5.41, 5.74) is -0.256. The molecule has 7 nitrogen and oxygen atoms in total. The van der Waals surface area contributed by atoms with E-state index in [1.54, 1.807) is 0 Å². The highest BCUT2D eigenvalue weighted by atomic mass is 16.6. The van der Waals surface area contributed by atoms with Crippen molar-refractivity contribution in [1.29, 1.82) is 0 Å². The minimum Gasteiger partial charge on any atom is -0.478 e. The fraction of sp³-hybridized carbons (Fsp3) is 0. The lowest BCUT2D eigenvalue weighted by Crippen LogP contribution is -2.09. The number of esters is 1. The fourth-order valence-electron chi connectivity index (χ4n) is 1.61. The van der Waals surface area contributed by atoms with Crippen LogP contribution in [0.15, 0.2) is 48.5 Å². The normalized spacial score (nSPS) is 9.90. The van der Waals surface area contributed by atoms with Gasteiger partial charge in [0.25, 0.3) is 5.69 Å². The highest BCUT2D eigenvalue weighted by Gasteiger charge is 2.14. The van der Waals surface area contributed by atoms with E-state index in [-0.39, 0.29) is 22.6 Å². The Morgan fingerprint density at radius 2 is 1.71 bits per heavy atom. The summed E-state index contributed by atoms with van der Waals surface area (Å²) >= 11 is 0.